The van der Waals surface area contributed by atoms with Gasteiger partial charge in [-0.2, -0.15) is 0 Å². The Morgan fingerprint density at radius 1 is 1.14 bits per heavy atom. The van der Waals surface area contributed by atoms with Crippen molar-refractivity contribution in [1.82, 2.24) is 14.1 Å². The average Bonchev–Trinajstić information content (AvgIpc) is 2.69. The van der Waals surface area contributed by atoms with E-state index in [4.69, 9.17) is 0 Å². The summed E-state index contributed by atoms with van der Waals surface area (Å²) < 4.78 is 3.32. The van der Waals surface area contributed by atoms with E-state index < -0.39 is 11.2 Å². The van der Waals surface area contributed by atoms with E-state index >= 15 is 0 Å². The van der Waals surface area contributed by atoms with Crippen LogP contribution >= 0.6 is 15.9 Å². The molecule has 1 aromatic carbocycles. The summed E-state index contributed by atoms with van der Waals surface area (Å²) in [6.07, 6.45) is 1.77. The van der Waals surface area contributed by atoms with E-state index in [9.17, 15) is 14.4 Å². The Labute approximate surface area is 169 Å². The van der Waals surface area contributed by atoms with E-state index in [1.165, 1.54) is 11.6 Å². The van der Waals surface area contributed by atoms with Crippen LogP contribution in [0.25, 0.3) is 11.0 Å². The lowest BCUT2D eigenvalue weighted by Gasteiger charge is -2.31. The number of aryl methyl sites for hydroxylation is 3. The van der Waals surface area contributed by atoms with E-state index in [-0.39, 0.29) is 17.2 Å². The minimum absolute atomic E-state index is 0.212. The molecule has 144 valence electrons. The molecule has 0 fully saturated rings. The number of hydrogen-bond acceptors (Lipinski definition) is 4. The largest absolute Gasteiger partial charge is 0.332 e. The van der Waals surface area contributed by atoms with Gasteiger partial charge in [-0.05, 0) is 55.2 Å². The molecule has 2 aromatic heterocycles. The van der Waals surface area contributed by atoms with Crippen LogP contribution in [-0.4, -0.2) is 26.6 Å². The van der Waals surface area contributed by atoms with Gasteiger partial charge in [0.25, 0.3) is 11.5 Å². The maximum absolute atomic E-state index is 13.3. The molecule has 0 N–H and O–H groups in total. The van der Waals surface area contributed by atoms with E-state index in [1.54, 1.807) is 24.1 Å². The van der Waals surface area contributed by atoms with Gasteiger partial charge in [0.05, 0.1) is 11.1 Å². The number of benzene rings is 1. The van der Waals surface area contributed by atoms with E-state index in [0.717, 1.165) is 38.7 Å². The van der Waals surface area contributed by atoms with Crippen LogP contribution in [0.1, 0.15) is 28.0 Å². The van der Waals surface area contributed by atoms with Crippen LogP contribution in [0, 0.1) is 6.92 Å². The van der Waals surface area contributed by atoms with Gasteiger partial charge in [-0.1, -0.05) is 15.9 Å². The van der Waals surface area contributed by atoms with Crippen LogP contribution in [0.3, 0.4) is 0 Å². The molecule has 7 nitrogen and oxygen atoms in total. The van der Waals surface area contributed by atoms with Gasteiger partial charge < -0.3 is 4.90 Å². The van der Waals surface area contributed by atoms with Crippen molar-refractivity contribution < 1.29 is 4.79 Å². The number of anilines is 1. The predicted octanol–water partition coefficient (Wildman–Crippen LogP) is 2.30. The van der Waals surface area contributed by atoms with Gasteiger partial charge in [-0.25, -0.2) is 9.78 Å². The predicted molar refractivity (Wildman–Crippen MR) is 111 cm³/mol. The zero-order valence-corrected chi connectivity index (χ0v) is 17.4. The highest BCUT2D eigenvalue weighted by molar-refractivity contribution is 9.10. The molecule has 0 unspecified atom stereocenters. The van der Waals surface area contributed by atoms with E-state index in [0.29, 0.717) is 11.9 Å². The third-order valence-electron chi connectivity index (χ3n) is 5.21. The lowest BCUT2D eigenvalue weighted by atomic mass is 9.98. The second kappa shape index (κ2) is 6.70. The van der Waals surface area contributed by atoms with Crippen molar-refractivity contribution in [2.75, 3.05) is 11.4 Å². The smallest absolute Gasteiger partial charge is 0.306 e. The van der Waals surface area contributed by atoms with Crippen LogP contribution in [0.4, 0.5) is 5.69 Å². The molecule has 4 rings (SSSR count). The summed E-state index contributed by atoms with van der Waals surface area (Å²) >= 11 is 3.52. The van der Waals surface area contributed by atoms with Gasteiger partial charge in [0, 0.05) is 25.1 Å². The Bertz CT molecular complexity index is 1260. The van der Waals surface area contributed by atoms with Gasteiger partial charge in [0.2, 0.25) is 0 Å². The Morgan fingerprint density at radius 2 is 1.89 bits per heavy atom. The molecule has 0 atom stereocenters. The van der Waals surface area contributed by atoms with Crippen LogP contribution in [0.5, 0.6) is 0 Å². The van der Waals surface area contributed by atoms with Crippen molar-refractivity contribution in [3.05, 3.63) is 66.4 Å². The van der Waals surface area contributed by atoms with Crippen molar-refractivity contribution in [3.8, 4) is 0 Å². The van der Waals surface area contributed by atoms with Crippen molar-refractivity contribution in [1.29, 1.82) is 0 Å². The molecular weight excluding hydrogens is 424 g/mol. The van der Waals surface area contributed by atoms with Crippen LogP contribution < -0.4 is 16.1 Å². The third-order valence-corrected chi connectivity index (χ3v) is 5.67. The van der Waals surface area contributed by atoms with Crippen molar-refractivity contribution in [3.63, 3.8) is 0 Å². The summed E-state index contributed by atoms with van der Waals surface area (Å²) in [6.45, 7) is 2.58. The fraction of sp³-hybridized carbons (Fsp3) is 0.300. The lowest BCUT2D eigenvalue weighted by molar-refractivity contribution is 0.0980. The molecule has 1 aliphatic rings. The summed E-state index contributed by atoms with van der Waals surface area (Å²) in [4.78, 5) is 43.9. The molecule has 0 bridgehead atoms. The molecule has 3 heterocycles. The maximum Gasteiger partial charge on any atom is 0.332 e. The lowest BCUT2D eigenvalue weighted by Crippen LogP contribution is -2.38. The molecule has 0 aliphatic carbocycles. The normalized spacial score (nSPS) is 13.6. The number of carbonyl (C=O) groups excluding carboxylic acids is 1. The quantitative estimate of drug-likeness (QED) is 0.579. The highest BCUT2D eigenvalue weighted by Gasteiger charge is 2.27. The molecule has 0 spiro atoms. The van der Waals surface area contributed by atoms with Gasteiger partial charge in [-0.15, -0.1) is 0 Å². The first-order chi connectivity index (χ1) is 13.3. The van der Waals surface area contributed by atoms with Crippen molar-refractivity contribution in [2.45, 2.75) is 19.8 Å². The molecule has 28 heavy (non-hydrogen) atoms. The van der Waals surface area contributed by atoms with E-state index in [2.05, 4.69) is 20.9 Å². The highest BCUT2D eigenvalue weighted by atomic mass is 79.9. The Morgan fingerprint density at radius 3 is 2.64 bits per heavy atom. The summed E-state index contributed by atoms with van der Waals surface area (Å²) in [5, 5.41) is 0.306. The first-order valence-electron chi connectivity index (χ1n) is 8.97. The number of amides is 1. The fourth-order valence-electron chi connectivity index (χ4n) is 3.84. The number of hydrogen-bond donors (Lipinski definition) is 0. The SMILES string of the molecule is Cc1cc(Br)cc2c1N(C(=O)c1ccc3c(=O)n(C)c(=O)n(C)c3n1)CCC2. The zero-order chi connectivity index (χ0) is 20.2. The summed E-state index contributed by atoms with van der Waals surface area (Å²) in [7, 11) is 2.97. The Balaban J connectivity index is 1.86. The molecule has 0 radical (unpaired) electrons. The number of pyridine rings is 1. The first kappa shape index (κ1) is 18.6. The molecule has 0 saturated carbocycles. The van der Waals surface area contributed by atoms with Gasteiger partial charge in [0.1, 0.15) is 11.3 Å². The summed E-state index contributed by atoms with van der Waals surface area (Å²) in [5.74, 6) is -0.235. The first-order valence-corrected chi connectivity index (χ1v) is 9.76. The Kier molecular flexibility index (Phi) is 4.45. The molecule has 1 amide bonds. The zero-order valence-electron chi connectivity index (χ0n) is 15.8. The van der Waals surface area contributed by atoms with Gasteiger partial charge in [0.15, 0.2) is 0 Å². The molecule has 1 aliphatic heterocycles. The number of fused-ring (bicyclic) bond motifs is 2. The molecule has 8 heteroatoms. The number of carbonyl (C=O) groups is 1. The van der Waals surface area contributed by atoms with Gasteiger partial charge in [-0.3, -0.25) is 18.7 Å². The van der Waals surface area contributed by atoms with Crippen LogP contribution in [-0.2, 0) is 20.5 Å². The number of nitrogens with zero attached hydrogens (tertiary/aromatic N) is 4. The second-order valence-electron chi connectivity index (χ2n) is 7.06. The van der Waals surface area contributed by atoms with E-state index in [1.807, 2.05) is 19.1 Å². The summed E-state index contributed by atoms with van der Waals surface area (Å²) in [5.41, 5.74) is 2.58. The van der Waals surface area contributed by atoms with Gasteiger partial charge >= 0.3 is 5.69 Å². The van der Waals surface area contributed by atoms with Crippen LogP contribution in [0.15, 0.2) is 38.3 Å². The topological polar surface area (TPSA) is 77.2 Å². The highest BCUT2D eigenvalue weighted by Crippen LogP contribution is 2.34. The summed E-state index contributed by atoms with van der Waals surface area (Å²) in [6, 6.07) is 7.16. The standard InChI is InChI=1S/C20H19BrN4O3/c1-11-9-13(21)10-12-5-4-8-25(16(11)12)19(27)15-7-6-14-17(22-15)23(2)20(28)24(3)18(14)26/h6-7,9-10H,4-5,8H2,1-3H3. The second-order valence-corrected chi connectivity index (χ2v) is 7.98. The minimum Gasteiger partial charge on any atom is -0.306 e. The van der Waals surface area contributed by atoms with Crippen LogP contribution in [0.2, 0.25) is 0 Å². The average molecular weight is 443 g/mol. The number of aromatic nitrogens is 3. The molecule has 3 aromatic rings. The maximum atomic E-state index is 13.3. The Hall–Kier alpha value is -2.74. The minimum atomic E-state index is -0.474. The fourth-order valence-corrected chi connectivity index (χ4v) is 4.46. The third kappa shape index (κ3) is 2.79. The molecule has 0 saturated heterocycles. The number of rotatable bonds is 1. The number of halogens is 1. The molecular formula is C20H19BrN4O3. The van der Waals surface area contributed by atoms with Crippen molar-refractivity contribution in [2.24, 2.45) is 14.1 Å². The monoisotopic (exact) mass is 442 g/mol. The van der Waals surface area contributed by atoms with Crippen molar-refractivity contribution >= 4 is 38.6 Å².